The minimum atomic E-state index is -3.59. The van der Waals surface area contributed by atoms with Gasteiger partial charge in [0.2, 0.25) is 10.0 Å². The molecule has 0 radical (unpaired) electrons. The van der Waals surface area contributed by atoms with E-state index in [1.54, 1.807) is 0 Å². The van der Waals surface area contributed by atoms with Crippen LogP contribution in [-0.2, 0) is 10.0 Å². The molecule has 0 saturated carbocycles. The van der Waals surface area contributed by atoms with Gasteiger partial charge in [-0.2, -0.15) is 0 Å². The number of rotatable bonds is 4. The number of benzene rings is 2. The number of fused-ring (bicyclic) bond motifs is 1. The molecule has 0 aliphatic carbocycles. The Morgan fingerprint density at radius 3 is 2.50 bits per heavy atom. The zero-order valence-electron chi connectivity index (χ0n) is 13.0. The SMILES string of the molecule is CS(=O)(=O)Nc1cc2oc(-c3ccc(F)cc3F)c(C(=O)O)c2cc1Br. The van der Waals surface area contributed by atoms with Crippen LogP contribution in [0.5, 0.6) is 0 Å². The first-order chi connectivity index (χ1) is 12.1. The van der Waals surface area contributed by atoms with Gasteiger partial charge in [0.1, 0.15) is 22.8 Å². The topological polar surface area (TPSA) is 96.6 Å². The maximum Gasteiger partial charge on any atom is 0.340 e. The normalized spacial score (nSPS) is 11.7. The molecule has 10 heteroatoms. The van der Waals surface area contributed by atoms with E-state index in [-0.39, 0.29) is 38.0 Å². The van der Waals surface area contributed by atoms with Crippen molar-refractivity contribution in [3.05, 3.63) is 52.0 Å². The summed E-state index contributed by atoms with van der Waals surface area (Å²) < 4.78 is 58.1. The van der Waals surface area contributed by atoms with Crippen molar-refractivity contribution >= 4 is 48.6 Å². The highest BCUT2D eigenvalue weighted by molar-refractivity contribution is 9.10. The average Bonchev–Trinajstić information content (AvgIpc) is 2.84. The van der Waals surface area contributed by atoms with E-state index < -0.39 is 27.6 Å². The van der Waals surface area contributed by atoms with Gasteiger partial charge >= 0.3 is 5.97 Å². The zero-order valence-corrected chi connectivity index (χ0v) is 15.4. The Bertz CT molecular complexity index is 1160. The third-order valence-corrected chi connectivity index (χ3v) is 4.71. The van der Waals surface area contributed by atoms with Crippen LogP contribution in [0.4, 0.5) is 14.5 Å². The largest absolute Gasteiger partial charge is 0.478 e. The Labute approximate surface area is 154 Å². The van der Waals surface area contributed by atoms with Gasteiger partial charge in [0.15, 0.2) is 5.76 Å². The molecule has 0 atom stereocenters. The van der Waals surface area contributed by atoms with Crippen molar-refractivity contribution < 1.29 is 31.5 Å². The van der Waals surface area contributed by atoms with Crippen molar-refractivity contribution in [1.29, 1.82) is 0 Å². The van der Waals surface area contributed by atoms with E-state index in [9.17, 15) is 27.1 Å². The van der Waals surface area contributed by atoms with Crippen molar-refractivity contribution in [3.63, 3.8) is 0 Å². The summed E-state index contributed by atoms with van der Waals surface area (Å²) in [5, 5.41) is 9.65. The molecule has 0 spiro atoms. The summed E-state index contributed by atoms with van der Waals surface area (Å²) in [6.45, 7) is 0. The maximum atomic E-state index is 14.1. The van der Waals surface area contributed by atoms with E-state index in [1.807, 2.05) is 0 Å². The molecule has 0 aliphatic rings. The van der Waals surface area contributed by atoms with E-state index in [1.165, 1.54) is 12.1 Å². The summed E-state index contributed by atoms with van der Waals surface area (Å²) in [6, 6.07) is 5.28. The van der Waals surface area contributed by atoms with Gasteiger partial charge in [0.25, 0.3) is 0 Å². The quantitative estimate of drug-likeness (QED) is 0.626. The Hall–Kier alpha value is -2.46. The van der Waals surface area contributed by atoms with Crippen LogP contribution in [-0.4, -0.2) is 25.7 Å². The standard InChI is InChI=1S/C16H10BrF2NO5S/c1-26(23,24)20-12-6-13-9(5-10(12)17)14(16(21)22)15(25-13)8-3-2-7(18)4-11(8)19/h2-6,20H,1H3,(H,21,22). The fourth-order valence-electron chi connectivity index (χ4n) is 2.47. The minimum Gasteiger partial charge on any atom is -0.478 e. The van der Waals surface area contributed by atoms with E-state index in [0.717, 1.165) is 18.4 Å². The minimum absolute atomic E-state index is 0.0236. The molecule has 136 valence electrons. The highest BCUT2D eigenvalue weighted by Crippen LogP contribution is 2.39. The molecule has 3 aromatic rings. The number of nitrogens with one attached hydrogen (secondary N) is 1. The number of hydrogen-bond donors (Lipinski definition) is 2. The molecule has 0 bridgehead atoms. The van der Waals surface area contributed by atoms with Crippen LogP contribution in [0.25, 0.3) is 22.3 Å². The number of anilines is 1. The molecule has 26 heavy (non-hydrogen) atoms. The van der Waals surface area contributed by atoms with Gasteiger partial charge < -0.3 is 9.52 Å². The Morgan fingerprint density at radius 1 is 1.23 bits per heavy atom. The third kappa shape index (κ3) is 3.42. The fourth-order valence-corrected chi connectivity index (χ4v) is 3.61. The van der Waals surface area contributed by atoms with Gasteiger partial charge in [-0.25, -0.2) is 22.0 Å². The predicted octanol–water partition coefficient (Wildman–Crippen LogP) is 4.21. The lowest BCUT2D eigenvalue weighted by molar-refractivity contribution is 0.0699. The van der Waals surface area contributed by atoms with Crippen LogP contribution < -0.4 is 4.72 Å². The van der Waals surface area contributed by atoms with Crippen LogP contribution in [0, 0.1) is 11.6 Å². The molecule has 1 heterocycles. The highest BCUT2D eigenvalue weighted by atomic mass is 79.9. The van der Waals surface area contributed by atoms with Crippen molar-refractivity contribution in [3.8, 4) is 11.3 Å². The molecule has 0 unspecified atom stereocenters. The van der Waals surface area contributed by atoms with Crippen molar-refractivity contribution in [2.75, 3.05) is 11.0 Å². The molecule has 1 aromatic heterocycles. The van der Waals surface area contributed by atoms with Crippen LogP contribution in [0.15, 0.2) is 39.2 Å². The third-order valence-electron chi connectivity index (χ3n) is 3.46. The van der Waals surface area contributed by atoms with Gasteiger partial charge in [-0.05, 0) is 34.1 Å². The van der Waals surface area contributed by atoms with E-state index in [4.69, 9.17) is 4.42 Å². The Balaban J connectivity index is 2.30. The first-order valence-corrected chi connectivity index (χ1v) is 9.68. The van der Waals surface area contributed by atoms with Crippen molar-refractivity contribution in [2.24, 2.45) is 0 Å². The number of furan rings is 1. The molecule has 6 nitrogen and oxygen atoms in total. The lowest BCUT2D eigenvalue weighted by Gasteiger charge is -2.06. The van der Waals surface area contributed by atoms with Crippen LogP contribution in [0.3, 0.4) is 0 Å². The van der Waals surface area contributed by atoms with Gasteiger partial charge in [-0.3, -0.25) is 4.72 Å². The first kappa shape index (κ1) is 18.3. The lowest BCUT2D eigenvalue weighted by Crippen LogP contribution is -2.09. The number of halogens is 3. The second-order valence-electron chi connectivity index (χ2n) is 5.44. The molecule has 0 amide bonds. The van der Waals surface area contributed by atoms with E-state index in [2.05, 4.69) is 20.7 Å². The van der Waals surface area contributed by atoms with Gasteiger partial charge in [0.05, 0.1) is 17.5 Å². The molecule has 0 fully saturated rings. The average molecular weight is 446 g/mol. The summed E-state index contributed by atoms with van der Waals surface area (Å²) in [5.74, 6) is -3.48. The fraction of sp³-hybridized carbons (Fsp3) is 0.0625. The summed E-state index contributed by atoms with van der Waals surface area (Å²) in [6.07, 6.45) is 0.952. The monoisotopic (exact) mass is 445 g/mol. The number of aromatic carboxylic acids is 1. The Kier molecular flexibility index (Phi) is 4.49. The molecular weight excluding hydrogens is 436 g/mol. The Morgan fingerprint density at radius 2 is 1.92 bits per heavy atom. The van der Waals surface area contributed by atoms with Crippen LogP contribution in [0.1, 0.15) is 10.4 Å². The summed E-state index contributed by atoms with van der Waals surface area (Å²) in [4.78, 5) is 11.7. The summed E-state index contributed by atoms with van der Waals surface area (Å²) in [7, 11) is -3.59. The molecule has 0 aliphatic heterocycles. The number of sulfonamides is 1. The molecule has 2 aromatic carbocycles. The van der Waals surface area contributed by atoms with Gasteiger partial charge in [-0.15, -0.1) is 0 Å². The number of carbonyl (C=O) groups is 1. The number of carboxylic acids is 1. The summed E-state index contributed by atoms with van der Waals surface area (Å²) >= 11 is 3.16. The first-order valence-electron chi connectivity index (χ1n) is 6.99. The highest BCUT2D eigenvalue weighted by Gasteiger charge is 2.25. The van der Waals surface area contributed by atoms with Crippen molar-refractivity contribution in [2.45, 2.75) is 0 Å². The number of hydrogen-bond acceptors (Lipinski definition) is 4. The predicted molar refractivity (Wildman–Crippen MR) is 94.7 cm³/mol. The van der Waals surface area contributed by atoms with E-state index in [0.29, 0.717) is 6.07 Å². The zero-order chi connectivity index (χ0) is 19.2. The second-order valence-corrected chi connectivity index (χ2v) is 8.04. The van der Waals surface area contributed by atoms with Crippen LogP contribution >= 0.6 is 15.9 Å². The smallest absolute Gasteiger partial charge is 0.340 e. The van der Waals surface area contributed by atoms with E-state index >= 15 is 0 Å². The molecular formula is C16H10BrF2NO5S. The molecule has 2 N–H and O–H groups in total. The summed E-state index contributed by atoms with van der Waals surface area (Å²) in [5.41, 5.74) is -0.404. The maximum absolute atomic E-state index is 14.1. The van der Waals surface area contributed by atoms with Gasteiger partial charge in [0, 0.05) is 22.0 Å². The number of carboxylic acid groups (broad SMARTS) is 1. The molecule has 0 saturated heterocycles. The second kappa shape index (κ2) is 6.36. The molecule has 3 rings (SSSR count). The van der Waals surface area contributed by atoms with Crippen molar-refractivity contribution in [1.82, 2.24) is 0 Å². The lowest BCUT2D eigenvalue weighted by atomic mass is 10.0. The van der Waals surface area contributed by atoms with Crippen LogP contribution in [0.2, 0.25) is 0 Å². The van der Waals surface area contributed by atoms with Gasteiger partial charge in [-0.1, -0.05) is 0 Å².